The fourth-order valence-corrected chi connectivity index (χ4v) is 3.48. The summed E-state index contributed by atoms with van der Waals surface area (Å²) in [4.78, 5) is 11.6. The summed E-state index contributed by atoms with van der Waals surface area (Å²) in [7, 11) is 0. The fraction of sp³-hybridized carbons (Fsp3) is 0.238. The van der Waals surface area contributed by atoms with E-state index in [-0.39, 0.29) is 0 Å². The van der Waals surface area contributed by atoms with Gasteiger partial charge in [0.2, 0.25) is 5.95 Å². The van der Waals surface area contributed by atoms with Gasteiger partial charge in [-0.15, -0.1) is 0 Å². The van der Waals surface area contributed by atoms with Crippen molar-refractivity contribution >= 4 is 23.4 Å². The summed E-state index contributed by atoms with van der Waals surface area (Å²) in [5.41, 5.74) is 4.79. The number of halogens is 1. The molecule has 2 aromatic carbocycles. The summed E-state index contributed by atoms with van der Waals surface area (Å²) in [5, 5.41) is 4.14. The zero-order valence-electron chi connectivity index (χ0n) is 14.7. The Bertz CT molecular complexity index is 925. The maximum absolute atomic E-state index is 6.24. The first kappa shape index (κ1) is 16.9. The molecule has 0 atom stereocenters. The van der Waals surface area contributed by atoms with E-state index in [1.807, 2.05) is 37.3 Å². The van der Waals surface area contributed by atoms with Crippen molar-refractivity contribution in [3.63, 3.8) is 0 Å². The Labute approximate surface area is 158 Å². The highest BCUT2D eigenvalue weighted by Gasteiger charge is 2.18. The molecule has 0 fully saturated rings. The molecule has 132 valence electrons. The summed E-state index contributed by atoms with van der Waals surface area (Å²) < 4.78 is 0. The molecule has 4 rings (SSSR count). The van der Waals surface area contributed by atoms with Crippen LogP contribution in [0.25, 0.3) is 0 Å². The zero-order chi connectivity index (χ0) is 17.9. The average molecular weight is 365 g/mol. The lowest BCUT2D eigenvalue weighted by Crippen LogP contribution is -2.32. The third-order valence-corrected chi connectivity index (χ3v) is 5.04. The number of aromatic nitrogens is 2. The molecule has 1 aromatic heterocycles. The number of hydrogen-bond acceptors (Lipinski definition) is 4. The van der Waals surface area contributed by atoms with Crippen LogP contribution in [0, 0.1) is 6.92 Å². The summed E-state index contributed by atoms with van der Waals surface area (Å²) in [6, 6.07) is 18.4. The molecule has 5 heteroatoms. The van der Waals surface area contributed by atoms with E-state index in [4.69, 9.17) is 16.6 Å². The average Bonchev–Trinajstić information content (AvgIpc) is 2.66. The number of aryl methyl sites for hydroxylation is 1. The molecule has 1 aliphatic heterocycles. The SMILES string of the molecule is Cc1cc(NCc2ccccc2Cl)nc(N2CCc3ccccc3C2)n1. The van der Waals surface area contributed by atoms with Crippen LogP contribution < -0.4 is 10.2 Å². The second-order valence-electron chi connectivity index (χ2n) is 6.58. The number of nitrogens with one attached hydrogen (secondary N) is 1. The normalized spacial score (nSPS) is 13.4. The van der Waals surface area contributed by atoms with Crippen molar-refractivity contribution < 1.29 is 0 Å². The van der Waals surface area contributed by atoms with Crippen LogP contribution in [-0.4, -0.2) is 16.5 Å². The number of nitrogens with zero attached hydrogens (tertiary/aromatic N) is 3. The van der Waals surface area contributed by atoms with Crippen LogP contribution in [0.3, 0.4) is 0 Å². The van der Waals surface area contributed by atoms with Crippen molar-refractivity contribution in [3.05, 3.63) is 82.0 Å². The quantitative estimate of drug-likeness (QED) is 0.733. The first-order valence-corrected chi connectivity index (χ1v) is 9.21. The van der Waals surface area contributed by atoms with Gasteiger partial charge in [-0.3, -0.25) is 0 Å². The summed E-state index contributed by atoms with van der Waals surface area (Å²) >= 11 is 6.24. The first-order chi connectivity index (χ1) is 12.7. The zero-order valence-corrected chi connectivity index (χ0v) is 15.5. The third kappa shape index (κ3) is 3.65. The molecule has 0 saturated heterocycles. The second-order valence-corrected chi connectivity index (χ2v) is 6.99. The lowest BCUT2D eigenvalue weighted by Gasteiger charge is -2.29. The van der Waals surface area contributed by atoms with Gasteiger partial charge in [-0.25, -0.2) is 4.98 Å². The Balaban J connectivity index is 1.52. The maximum atomic E-state index is 6.24. The molecular formula is C21H21ClN4. The van der Waals surface area contributed by atoms with E-state index >= 15 is 0 Å². The van der Waals surface area contributed by atoms with Crippen molar-refractivity contribution in [2.45, 2.75) is 26.4 Å². The standard InChI is InChI=1S/C21H21ClN4/c1-15-12-20(23-13-17-7-4-5-9-19(17)22)25-21(24-15)26-11-10-16-6-2-3-8-18(16)14-26/h2-9,12H,10-11,13-14H2,1H3,(H,23,24,25). The molecule has 1 aliphatic rings. The minimum Gasteiger partial charge on any atom is -0.366 e. The highest BCUT2D eigenvalue weighted by atomic mass is 35.5. The van der Waals surface area contributed by atoms with E-state index in [0.717, 1.165) is 47.6 Å². The van der Waals surface area contributed by atoms with Gasteiger partial charge >= 0.3 is 0 Å². The minimum atomic E-state index is 0.637. The van der Waals surface area contributed by atoms with E-state index in [2.05, 4.69) is 39.5 Å². The Kier molecular flexibility index (Phi) is 4.76. The molecule has 0 saturated carbocycles. The van der Waals surface area contributed by atoms with Crippen LogP contribution in [0.2, 0.25) is 5.02 Å². The molecule has 0 bridgehead atoms. The Morgan fingerprint density at radius 2 is 1.81 bits per heavy atom. The van der Waals surface area contributed by atoms with E-state index in [9.17, 15) is 0 Å². The van der Waals surface area contributed by atoms with Crippen molar-refractivity contribution in [2.24, 2.45) is 0 Å². The number of anilines is 2. The summed E-state index contributed by atoms with van der Waals surface area (Å²) in [5.74, 6) is 1.60. The van der Waals surface area contributed by atoms with Gasteiger partial charge in [-0.2, -0.15) is 4.98 Å². The molecular weight excluding hydrogens is 344 g/mol. The fourth-order valence-electron chi connectivity index (χ4n) is 3.28. The van der Waals surface area contributed by atoms with Gasteiger partial charge in [0.25, 0.3) is 0 Å². The molecule has 0 amide bonds. The topological polar surface area (TPSA) is 41.1 Å². The highest BCUT2D eigenvalue weighted by Crippen LogP contribution is 2.24. The van der Waals surface area contributed by atoms with Gasteiger partial charge in [0.15, 0.2) is 0 Å². The third-order valence-electron chi connectivity index (χ3n) is 4.67. The van der Waals surface area contributed by atoms with E-state index < -0.39 is 0 Å². The number of benzene rings is 2. The van der Waals surface area contributed by atoms with E-state index in [1.165, 1.54) is 11.1 Å². The monoisotopic (exact) mass is 364 g/mol. The highest BCUT2D eigenvalue weighted by molar-refractivity contribution is 6.31. The molecule has 4 nitrogen and oxygen atoms in total. The summed E-state index contributed by atoms with van der Waals surface area (Å²) in [6.45, 7) is 4.43. The maximum Gasteiger partial charge on any atom is 0.227 e. The summed E-state index contributed by atoms with van der Waals surface area (Å²) in [6.07, 6.45) is 1.02. The van der Waals surface area contributed by atoms with Crippen molar-refractivity contribution in [1.29, 1.82) is 0 Å². The molecule has 0 spiro atoms. The first-order valence-electron chi connectivity index (χ1n) is 8.84. The molecule has 0 radical (unpaired) electrons. The molecule has 26 heavy (non-hydrogen) atoms. The van der Waals surface area contributed by atoms with Crippen LogP contribution in [0.4, 0.5) is 11.8 Å². The van der Waals surface area contributed by atoms with E-state index in [0.29, 0.717) is 6.54 Å². The Morgan fingerprint density at radius 1 is 1.04 bits per heavy atom. The van der Waals surface area contributed by atoms with Gasteiger partial charge < -0.3 is 10.2 Å². The number of rotatable bonds is 4. The van der Waals surface area contributed by atoms with Gasteiger partial charge in [-0.05, 0) is 36.1 Å². The predicted octanol–water partition coefficient (Wildman–Crippen LogP) is 4.61. The van der Waals surface area contributed by atoms with Gasteiger partial charge in [-0.1, -0.05) is 54.1 Å². The molecule has 2 heterocycles. The van der Waals surface area contributed by atoms with Crippen LogP contribution in [-0.2, 0) is 19.5 Å². The molecule has 0 unspecified atom stereocenters. The largest absolute Gasteiger partial charge is 0.366 e. The van der Waals surface area contributed by atoms with Crippen LogP contribution >= 0.6 is 11.6 Å². The van der Waals surface area contributed by atoms with Gasteiger partial charge in [0, 0.05) is 36.4 Å². The molecule has 0 aliphatic carbocycles. The Morgan fingerprint density at radius 3 is 2.65 bits per heavy atom. The number of hydrogen-bond donors (Lipinski definition) is 1. The molecule has 1 N–H and O–H groups in total. The van der Waals surface area contributed by atoms with Gasteiger partial charge in [0.05, 0.1) is 0 Å². The van der Waals surface area contributed by atoms with Gasteiger partial charge in [0.1, 0.15) is 5.82 Å². The molecule has 3 aromatic rings. The van der Waals surface area contributed by atoms with Crippen LogP contribution in [0.5, 0.6) is 0 Å². The van der Waals surface area contributed by atoms with Crippen LogP contribution in [0.15, 0.2) is 54.6 Å². The predicted molar refractivity (Wildman–Crippen MR) is 107 cm³/mol. The van der Waals surface area contributed by atoms with Crippen LogP contribution in [0.1, 0.15) is 22.4 Å². The second kappa shape index (κ2) is 7.34. The van der Waals surface area contributed by atoms with Crippen molar-refractivity contribution in [3.8, 4) is 0 Å². The lowest BCUT2D eigenvalue weighted by molar-refractivity contribution is 0.706. The van der Waals surface area contributed by atoms with Crippen molar-refractivity contribution in [2.75, 3.05) is 16.8 Å². The minimum absolute atomic E-state index is 0.637. The van der Waals surface area contributed by atoms with Crippen molar-refractivity contribution in [1.82, 2.24) is 9.97 Å². The van der Waals surface area contributed by atoms with E-state index in [1.54, 1.807) is 0 Å². The smallest absolute Gasteiger partial charge is 0.227 e. The lowest BCUT2D eigenvalue weighted by atomic mass is 10.0. The number of fused-ring (bicyclic) bond motifs is 1. The Hall–Kier alpha value is -2.59.